The highest BCUT2D eigenvalue weighted by Crippen LogP contribution is 2.35. The van der Waals surface area contributed by atoms with Crippen molar-refractivity contribution in [2.24, 2.45) is 13.0 Å². The van der Waals surface area contributed by atoms with Crippen LogP contribution in [0.25, 0.3) is 0 Å². The Labute approximate surface area is 174 Å². The lowest BCUT2D eigenvalue weighted by molar-refractivity contribution is 0.459. The number of sulfonamides is 1. The molecule has 0 bridgehead atoms. The van der Waals surface area contributed by atoms with Gasteiger partial charge >= 0.3 is 0 Å². The van der Waals surface area contributed by atoms with Gasteiger partial charge in [0.1, 0.15) is 11.6 Å². The van der Waals surface area contributed by atoms with Crippen LogP contribution in [0.2, 0.25) is 0 Å². The van der Waals surface area contributed by atoms with E-state index in [1.165, 1.54) is 41.1 Å². The number of anilines is 1. The predicted octanol–water partition coefficient (Wildman–Crippen LogP) is 3.21. The second-order valence-corrected chi connectivity index (χ2v) is 9.39. The van der Waals surface area contributed by atoms with Crippen molar-refractivity contribution in [2.45, 2.75) is 10.9 Å². The fraction of sp³-hybridized carbons (Fsp3) is 0.286. The minimum atomic E-state index is -3.74. The Morgan fingerprint density at radius 1 is 1.03 bits per heavy atom. The molecule has 1 N–H and O–H groups in total. The second kappa shape index (κ2) is 8.16. The molecule has 1 saturated heterocycles. The molecule has 2 aromatic carbocycles. The van der Waals surface area contributed by atoms with Crippen molar-refractivity contribution in [3.05, 3.63) is 78.3 Å². The number of aromatic nitrogens is 2. The molecule has 158 valence electrons. The van der Waals surface area contributed by atoms with Gasteiger partial charge in [0.15, 0.2) is 5.03 Å². The summed E-state index contributed by atoms with van der Waals surface area (Å²) < 4.78 is 55.7. The van der Waals surface area contributed by atoms with Crippen LogP contribution in [-0.4, -0.2) is 41.9 Å². The predicted molar refractivity (Wildman–Crippen MR) is 109 cm³/mol. The summed E-state index contributed by atoms with van der Waals surface area (Å²) in [6.45, 7) is 1.07. The largest absolute Gasteiger partial charge is 0.385 e. The van der Waals surface area contributed by atoms with Gasteiger partial charge in [-0.3, -0.25) is 0 Å². The van der Waals surface area contributed by atoms with Crippen LogP contribution < -0.4 is 5.32 Å². The molecule has 1 aromatic heterocycles. The number of rotatable bonds is 6. The van der Waals surface area contributed by atoms with Crippen molar-refractivity contribution in [1.29, 1.82) is 0 Å². The van der Waals surface area contributed by atoms with Gasteiger partial charge in [-0.15, -0.1) is 0 Å². The summed E-state index contributed by atoms with van der Waals surface area (Å²) in [7, 11) is -2.02. The van der Waals surface area contributed by atoms with Gasteiger partial charge in [-0.05, 0) is 47.9 Å². The molecule has 0 spiro atoms. The lowest BCUT2D eigenvalue weighted by atomic mass is 9.89. The van der Waals surface area contributed by atoms with E-state index in [0.717, 1.165) is 11.3 Å². The summed E-state index contributed by atoms with van der Waals surface area (Å²) in [4.78, 5) is 4.00. The van der Waals surface area contributed by atoms with Gasteiger partial charge in [0.25, 0.3) is 10.0 Å². The summed E-state index contributed by atoms with van der Waals surface area (Å²) >= 11 is 0. The van der Waals surface area contributed by atoms with Crippen molar-refractivity contribution in [2.75, 3.05) is 25.0 Å². The second-order valence-electron chi connectivity index (χ2n) is 7.51. The van der Waals surface area contributed by atoms with Crippen molar-refractivity contribution in [3.63, 3.8) is 0 Å². The smallest absolute Gasteiger partial charge is 0.262 e. The van der Waals surface area contributed by atoms with Gasteiger partial charge in [0.2, 0.25) is 0 Å². The Balaban J connectivity index is 1.58. The topological polar surface area (TPSA) is 67.2 Å². The molecule has 3 aromatic rings. The van der Waals surface area contributed by atoms with Crippen LogP contribution >= 0.6 is 0 Å². The van der Waals surface area contributed by atoms with Crippen LogP contribution in [0.3, 0.4) is 0 Å². The Morgan fingerprint density at radius 3 is 2.27 bits per heavy atom. The highest BCUT2D eigenvalue weighted by atomic mass is 32.2. The first kappa shape index (κ1) is 20.5. The lowest BCUT2D eigenvalue weighted by Gasteiger charge is -2.20. The van der Waals surface area contributed by atoms with E-state index in [1.54, 1.807) is 35.9 Å². The highest BCUT2D eigenvalue weighted by molar-refractivity contribution is 7.89. The summed E-state index contributed by atoms with van der Waals surface area (Å²) in [5.41, 5.74) is 1.63. The number of halogens is 2. The van der Waals surface area contributed by atoms with Crippen LogP contribution in [0.4, 0.5) is 14.5 Å². The van der Waals surface area contributed by atoms with Crippen LogP contribution in [-0.2, 0) is 17.1 Å². The van der Waals surface area contributed by atoms with Gasteiger partial charge < -0.3 is 9.88 Å². The first-order chi connectivity index (χ1) is 14.3. The van der Waals surface area contributed by atoms with Gasteiger partial charge in [-0.25, -0.2) is 22.2 Å². The average molecular weight is 432 g/mol. The first-order valence-corrected chi connectivity index (χ1v) is 11.0. The Kier molecular flexibility index (Phi) is 5.57. The SMILES string of the molecule is Cn1cnc(S(=O)(=O)N2C[C@@H](CNc3ccc(F)cc3)[C@H](c3ccc(F)cc3)C2)c1. The monoisotopic (exact) mass is 432 g/mol. The van der Waals surface area contributed by atoms with Gasteiger partial charge in [0.05, 0.1) is 6.33 Å². The van der Waals surface area contributed by atoms with Crippen LogP contribution in [0.1, 0.15) is 11.5 Å². The van der Waals surface area contributed by atoms with E-state index >= 15 is 0 Å². The molecular weight excluding hydrogens is 410 g/mol. The third kappa shape index (κ3) is 4.22. The van der Waals surface area contributed by atoms with E-state index in [2.05, 4.69) is 10.3 Å². The molecule has 0 amide bonds. The number of nitrogens with zero attached hydrogens (tertiary/aromatic N) is 3. The minimum absolute atomic E-state index is 0.00926. The van der Waals surface area contributed by atoms with Crippen molar-refractivity contribution >= 4 is 15.7 Å². The fourth-order valence-electron chi connectivity index (χ4n) is 3.79. The molecule has 1 fully saturated rings. The normalized spacial score (nSPS) is 19.8. The maximum absolute atomic E-state index is 13.4. The molecule has 1 aliphatic rings. The Hall–Kier alpha value is -2.78. The number of benzene rings is 2. The first-order valence-electron chi connectivity index (χ1n) is 9.56. The lowest BCUT2D eigenvalue weighted by Crippen LogP contribution is -2.30. The number of hydrogen-bond donors (Lipinski definition) is 1. The van der Waals surface area contributed by atoms with Gasteiger partial charge in [-0.1, -0.05) is 12.1 Å². The molecule has 30 heavy (non-hydrogen) atoms. The van der Waals surface area contributed by atoms with E-state index < -0.39 is 10.0 Å². The van der Waals surface area contributed by atoms with Crippen molar-refractivity contribution in [1.82, 2.24) is 13.9 Å². The molecule has 2 heterocycles. The number of imidazole rings is 1. The van der Waals surface area contributed by atoms with E-state index in [-0.39, 0.29) is 35.0 Å². The fourth-order valence-corrected chi connectivity index (χ4v) is 5.28. The molecule has 0 radical (unpaired) electrons. The standard InChI is InChI=1S/C21H22F2N4O2S/c1-26-13-21(25-14-26)30(28,29)27-11-16(10-24-19-8-6-18(23)7-9-19)20(12-27)15-2-4-17(22)5-3-15/h2-9,13-14,16,20,24H,10-12H2,1H3/t16-,20+/m1/s1. The quantitative estimate of drug-likeness (QED) is 0.650. The summed E-state index contributed by atoms with van der Waals surface area (Å²) in [6, 6.07) is 12.2. The van der Waals surface area contributed by atoms with Crippen LogP contribution in [0.15, 0.2) is 66.1 Å². The highest BCUT2D eigenvalue weighted by Gasteiger charge is 2.40. The summed E-state index contributed by atoms with van der Waals surface area (Å²) in [5, 5.41) is 3.27. The molecule has 2 atom stereocenters. The number of aryl methyl sites for hydroxylation is 1. The number of hydrogen-bond acceptors (Lipinski definition) is 4. The van der Waals surface area contributed by atoms with Gasteiger partial charge in [0, 0.05) is 44.5 Å². The molecule has 9 heteroatoms. The molecule has 0 aliphatic carbocycles. The third-order valence-corrected chi connectivity index (χ3v) is 7.12. The Morgan fingerprint density at radius 2 is 1.67 bits per heavy atom. The molecule has 0 unspecified atom stereocenters. The minimum Gasteiger partial charge on any atom is -0.385 e. The maximum Gasteiger partial charge on any atom is 0.262 e. The Bertz CT molecular complexity index is 1110. The average Bonchev–Trinajstić information content (AvgIpc) is 3.35. The van der Waals surface area contributed by atoms with E-state index in [4.69, 9.17) is 0 Å². The molecule has 1 aliphatic heterocycles. The third-order valence-electron chi connectivity index (χ3n) is 5.40. The number of nitrogens with one attached hydrogen (secondary N) is 1. The molecular formula is C21H22F2N4O2S. The molecule has 0 saturated carbocycles. The van der Waals surface area contributed by atoms with E-state index in [1.807, 2.05) is 0 Å². The summed E-state index contributed by atoms with van der Waals surface area (Å²) in [6.07, 6.45) is 2.93. The van der Waals surface area contributed by atoms with Crippen molar-refractivity contribution in [3.8, 4) is 0 Å². The zero-order valence-corrected chi connectivity index (χ0v) is 17.2. The van der Waals surface area contributed by atoms with Crippen molar-refractivity contribution < 1.29 is 17.2 Å². The summed E-state index contributed by atoms with van der Waals surface area (Å²) in [5.74, 6) is -0.829. The van der Waals surface area contributed by atoms with E-state index in [9.17, 15) is 17.2 Å². The molecule has 6 nitrogen and oxygen atoms in total. The maximum atomic E-state index is 13.4. The van der Waals surface area contributed by atoms with Crippen LogP contribution in [0.5, 0.6) is 0 Å². The zero-order valence-electron chi connectivity index (χ0n) is 16.4. The van der Waals surface area contributed by atoms with Crippen LogP contribution in [0, 0.1) is 17.6 Å². The zero-order chi connectivity index (χ0) is 21.3. The van der Waals surface area contributed by atoms with E-state index in [0.29, 0.717) is 13.1 Å². The molecule has 4 rings (SSSR count). The van der Waals surface area contributed by atoms with Gasteiger partial charge in [-0.2, -0.15) is 4.31 Å².